The number of rotatable bonds is 3. The maximum absolute atomic E-state index is 12.5. The quantitative estimate of drug-likeness (QED) is 0.894. The highest BCUT2D eigenvalue weighted by molar-refractivity contribution is 6.30. The summed E-state index contributed by atoms with van der Waals surface area (Å²) in [5.41, 5.74) is 0.966. The van der Waals surface area contributed by atoms with Crippen LogP contribution in [0.5, 0.6) is 0 Å². The Balaban J connectivity index is 1.48. The van der Waals surface area contributed by atoms with Crippen molar-refractivity contribution < 1.29 is 14.3 Å². The first kappa shape index (κ1) is 18.0. The second-order valence-electron chi connectivity index (χ2n) is 6.54. The molecule has 0 bridgehead atoms. The molecule has 2 aliphatic rings. The molecule has 7 heteroatoms. The van der Waals surface area contributed by atoms with E-state index < -0.39 is 0 Å². The average Bonchev–Trinajstić information content (AvgIpc) is 3.16. The third-order valence-corrected chi connectivity index (χ3v) is 5.01. The summed E-state index contributed by atoms with van der Waals surface area (Å²) in [6.45, 7) is 4.77. The third kappa shape index (κ3) is 4.44. The molecule has 2 aliphatic heterocycles. The van der Waals surface area contributed by atoms with E-state index in [2.05, 4.69) is 5.32 Å². The van der Waals surface area contributed by atoms with Gasteiger partial charge in [-0.25, -0.2) is 4.79 Å². The summed E-state index contributed by atoms with van der Waals surface area (Å²) < 4.78 is 5.46. The van der Waals surface area contributed by atoms with Gasteiger partial charge in [-0.15, -0.1) is 0 Å². The summed E-state index contributed by atoms with van der Waals surface area (Å²) in [4.78, 5) is 28.4. The molecule has 3 rings (SSSR count). The number of benzene rings is 1. The lowest BCUT2D eigenvalue weighted by Gasteiger charge is -2.36. The van der Waals surface area contributed by atoms with E-state index in [1.807, 2.05) is 31.2 Å². The van der Waals surface area contributed by atoms with E-state index in [0.29, 0.717) is 37.8 Å². The van der Waals surface area contributed by atoms with Gasteiger partial charge in [0.15, 0.2) is 0 Å². The number of urea groups is 1. The van der Waals surface area contributed by atoms with Crippen molar-refractivity contribution in [3.05, 3.63) is 34.9 Å². The number of carbonyl (C=O) groups is 2. The number of amides is 3. The lowest BCUT2D eigenvalue weighted by Crippen LogP contribution is -2.55. The van der Waals surface area contributed by atoms with Gasteiger partial charge in [0.2, 0.25) is 0 Å². The van der Waals surface area contributed by atoms with Gasteiger partial charge >= 0.3 is 6.03 Å². The van der Waals surface area contributed by atoms with E-state index in [4.69, 9.17) is 16.3 Å². The SMILES string of the molecule is CC(NC(=O)N1CCN(C(=O)C2CCCO2)CC1)c1cccc(Cl)c1. The molecule has 1 aromatic carbocycles. The predicted octanol–water partition coefficient (Wildman–Crippen LogP) is 2.43. The van der Waals surface area contributed by atoms with Crippen molar-refractivity contribution >= 4 is 23.5 Å². The van der Waals surface area contributed by atoms with E-state index in [9.17, 15) is 9.59 Å². The molecule has 0 saturated carbocycles. The Hall–Kier alpha value is -1.79. The van der Waals surface area contributed by atoms with Crippen LogP contribution in [-0.2, 0) is 9.53 Å². The van der Waals surface area contributed by atoms with Crippen LogP contribution in [0, 0.1) is 0 Å². The Morgan fingerprint density at radius 3 is 2.60 bits per heavy atom. The fourth-order valence-corrected chi connectivity index (χ4v) is 3.44. The number of ether oxygens (including phenoxy) is 1. The maximum Gasteiger partial charge on any atom is 0.317 e. The van der Waals surface area contributed by atoms with Gasteiger partial charge in [-0.05, 0) is 37.5 Å². The predicted molar refractivity (Wildman–Crippen MR) is 95.5 cm³/mol. The Morgan fingerprint density at radius 2 is 1.96 bits per heavy atom. The van der Waals surface area contributed by atoms with Crippen LogP contribution >= 0.6 is 11.6 Å². The van der Waals surface area contributed by atoms with Gasteiger partial charge in [-0.3, -0.25) is 4.79 Å². The summed E-state index contributed by atoms with van der Waals surface area (Å²) in [6, 6.07) is 7.23. The van der Waals surface area contributed by atoms with E-state index in [0.717, 1.165) is 18.4 Å². The normalized spacial score (nSPS) is 21.9. The topological polar surface area (TPSA) is 61.9 Å². The van der Waals surface area contributed by atoms with E-state index in [-0.39, 0.29) is 24.1 Å². The largest absolute Gasteiger partial charge is 0.368 e. The monoisotopic (exact) mass is 365 g/mol. The van der Waals surface area contributed by atoms with Crippen LogP contribution in [0.15, 0.2) is 24.3 Å². The fraction of sp³-hybridized carbons (Fsp3) is 0.556. The standard InChI is InChI=1S/C18H24ClN3O3/c1-13(14-4-2-5-15(19)12-14)20-18(24)22-9-7-21(8-10-22)17(23)16-6-3-11-25-16/h2,4-5,12-13,16H,3,6-11H2,1H3,(H,20,24). The molecule has 2 fully saturated rings. The first-order valence-electron chi connectivity index (χ1n) is 8.76. The van der Waals surface area contributed by atoms with Crippen molar-refractivity contribution in [2.75, 3.05) is 32.8 Å². The van der Waals surface area contributed by atoms with Crippen LogP contribution < -0.4 is 5.32 Å². The van der Waals surface area contributed by atoms with Crippen molar-refractivity contribution in [1.82, 2.24) is 15.1 Å². The highest BCUT2D eigenvalue weighted by Gasteiger charge is 2.31. The summed E-state index contributed by atoms with van der Waals surface area (Å²) >= 11 is 6.00. The number of carbonyl (C=O) groups excluding carboxylic acids is 2. The zero-order chi connectivity index (χ0) is 17.8. The maximum atomic E-state index is 12.5. The van der Waals surface area contributed by atoms with Gasteiger partial charge in [0.25, 0.3) is 5.91 Å². The van der Waals surface area contributed by atoms with Crippen LogP contribution in [-0.4, -0.2) is 60.6 Å². The highest BCUT2D eigenvalue weighted by atomic mass is 35.5. The molecule has 2 saturated heterocycles. The molecular formula is C18H24ClN3O3. The van der Waals surface area contributed by atoms with E-state index in [1.165, 1.54) is 0 Å². The van der Waals surface area contributed by atoms with Crippen LogP contribution in [0.4, 0.5) is 4.79 Å². The first-order chi connectivity index (χ1) is 12.0. The van der Waals surface area contributed by atoms with Crippen LogP contribution in [0.2, 0.25) is 5.02 Å². The molecular weight excluding hydrogens is 342 g/mol. The smallest absolute Gasteiger partial charge is 0.317 e. The summed E-state index contributed by atoms with van der Waals surface area (Å²) in [7, 11) is 0. The van der Waals surface area contributed by atoms with Gasteiger partial charge in [0, 0.05) is 37.8 Å². The number of hydrogen-bond donors (Lipinski definition) is 1. The summed E-state index contributed by atoms with van der Waals surface area (Å²) in [6.07, 6.45) is 1.46. The third-order valence-electron chi connectivity index (χ3n) is 4.77. The van der Waals surface area contributed by atoms with Gasteiger partial charge in [-0.1, -0.05) is 23.7 Å². The average molecular weight is 366 g/mol. The molecule has 2 atom stereocenters. The molecule has 2 unspecified atom stereocenters. The zero-order valence-electron chi connectivity index (χ0n) is 14.4. The number of hydrogen-bond acceptors (Lipinski definition) is 3. The molecule has 0 spiro atoms. The lowest BCUT2D eigenvalue weighted by molar-refractivity contribution is -0.142. The zero-order valence-corrected chi connectivity index (χ0v) is 15.2. The van der Waals surface area contributed by atoms with Gasteiger partial charge < -0.3 is 19.9 Å². The van der Waals surface area contributed by atoms with Gasteiger partial charge in [-0.2, -0.15) is 0 Å². The Labute approximate surface area is 153 Å². The lowest BCUT2D eigenvalue weighted by atomic mass is 10.1. The van der Waals surface area contributed by atoms with Crippen LogP contribution in [0.25, 0.3) is 0 Å². The molecule has 3 amide bonds. The number of nitrogens with one attached hydrogen (secondary N) is 1. The van der Waals surface area contributed by atoms with Crippen molar-refractivity contribution in [1.29, 1.82) is 0 Å². The minimum Gasteiger partial charge on any atom is -0.368 e. The second kappa shape index (κ2) is 8.06. The molecule has 2 heterocycles. The second-order valence-corrected chi connectivity index (χ2v) is 6.98. The van der Waals surface area contributed by atoms with Crippen LogP contribution in [0.3, 0.4) is 0 Å². The minimum absolute atomic E-state index is 0.0600. The Kier molecular flexibility index (Phi) is 5.81. The van der Waals surface area contributed by atoms with Crippen molar-refractivity contribution in [2.24, 2.45) is 0 Å². The molecule has 1 N–H and O–H groups in total. The number of piperazine rings is 1. The molecule has 0 radical (unpaired) electrons. The molecule has 0 aromatic heterocycles. The number of halogens is 1. The minimum atomic E-state index is -0.289. The van der Waals surface area contributed by atoms with Crippen molar-refractivity contribution in [3.63, 3.8) is 0 Å². The molecule has 6 nitrogen and oxygen atoms in total. The van der Waals surface area contributed by atoms with Crippen molar-refractivity contribution in [3.8, 4) is 0 Å². The van der Waals surface area contributed by atoms with Crippen molar-refractivity contribution in [2.45, 2.75) is 31.9 Å². The highest BCUT2D eigenvalue weighted by Crippen LogP contribution is 2.18. The molecule has 136 valence electrons. The molecule has 1 aromatic rings. The van der Waals surface area contributed by atoms with Gasteiger partial charge in [0.1, 0.15) is 6.10 Å². The molecule has 25 heavy (non-hydrogen) atoms. The van der Waals surface area contributed by atoms with E-state index >= 15 is 0 Å². The van der Waals surface area contributed by atoms with Crippen LogP contribution in [0.1, 0.15) is 31.4 Å². The Morgan fingerprint density at radius 1 is 1.24 bits per heavy atom. The summed E-state index contributed by atoms with van der Waals surface area (Å²) in [5, 5.41) is 3.65. The first-order valence-corrected chi connectivity index (χ1v) is 9.13. The van der Waals surface area contributed by atoms with Gasteiger partial charge in [0.05, 0.1) is 6.04 Å². The van der Waals surface area contributed by atoms with E-state index in [1.54, 1.807) is 9.80 Å². The fourth-order valence-electron chi connectivity index (χ4n) is 3.24. The number of nitrogens with zero attached hydrogens (tertiary/aromatic N) is 2. The Bertz CT molecular complexity index is 626. The molecule has 0 aliphatic carbocycles. The summed E-state index contributed by atoms with van der Waals surface area (Å²) in [5.74, 6) is 0.0600.